The van der Waals surface area contributed by atoms with Crippen LogP contribution in [0.1, 0.15) is 13.3 Å². The molecule has 1 aromatic rings. The normalized spacial score (nSPS) is 19.3. The highest BCUT2D eigenvalue weighted by atomic mass is 32.2. The topological polar surface area (TPSA) is 92.8 Å². The number of amides is 2. The number of carbonyl (C=O) groups is 2. The predicted octanol–water partition coefficient (Wildman–Crippen LogP) is 1.39. The molecule has 0 saturated carbocycles. The zero-order valence-electron chi connectivity index (χ0n) is 14.6. The van der Waals surface area contributed by atoms with Crippen LogP contribution in [0.25, 0.3) is 0 Å². The van der Waals surface area contributed by atoms with Crippen LogP contribution in [-0.4, -0.2) is 62.9 Å². The second-order valence-corrected chi connectivity index (χ2v) is 9.60. The number of ether oxygens (including phenoxy) is 1. The van der Waals surface area contributed by atoms with Crippen molar-refractivity contribution in [3.8, 4) is 0 Å². The minimum Gasteiger partial charge on any atom is -0.378 e. The Kier molecular flexibility index (Phi) is 5.89. The van der Waals surface area contributed by atoms with E-state index >= 15 is 0 Å². The first-order valence-corrected chi connectivity index (χ1v) is 11.2. The molecule has 26 heavy (non-hydrogen) atoms. The van der Waals surface area contributed by atoms with Crippen molar-refractivity contribution in [3.63, 3.8) is 0 Å². The van der Waals surface area contributed by atoms with E-state index in [-0.39, 0.29) is 22.5 Å². The van der Waals surface area contributed by atoms with Crippen molar-refractivity contribution in [2.24, 2.45) is 5.92 Å². The minimum absolute atomic E-state index is 0.123. The molecule has 9 heteroatoms. The van der Waals surface area contributed by atoms with Crippen LogP contribution in [0.4, 0.5) is 5.69 Å². The Morgan fingerprint density at radius 2 is 2.08 bits per heavy atom. The molecule has 1 saturated heterocycles. The van der Waals surface area contributed by atoms with Crippen molar-refractivity contribution in [2.75, 3.05) is 43.1 Å². The summed E-state index contributed by atoms with van der Waals surface area (Å²) < 4.78 is 30.8. The number of morpholine rings is 1. The van der Waals surface area contributed by atoms with E-state index in [0.29, 0.717) is 44.2 Å². The first-order chi connectivity index (χ1) is 12.4. The fourth-order valence-corrected chi connectivity index (χ4v) is 5.49. The van der Waals surface area contributed by atoms with E-state index in [1.165, 1.54) is 17.8 Å². The van der Waals surface area contributed by atoms with Crippen LogP contribution in [0.3, 0.4) is 0 Å². The lowest BCUT2D eigenvalue weighted by atomic mass is 10.2. The molecule has 2 heterocycles. The van der Waals surface area contributed by atoms with Gasteiger partial charge in [-0.1, -0.05) is 6.92 Å². The summed E-state index contributed by atoms with van der Waals surface area (Å²) in [7, 11) is -3.65. The van der Waals surface area contributed by atoms with Crippen molar-refractivity contribution in [2.45, 2.75) is 23.1 Å². The van der Waals surface area contributed by atoms with Crippen molar-refractivity contribution in [1.82, 2.24) is 4.90 Å². The maximum atomic E-state index is 12.8. The van der Waals surface area contributed by atoms with Gasteiger partial charge in [-0.2, -0.15) is 0 Å². The molecule has 0 aliphatic carbocycles. The number of fused-ring (bicyclic) bond motifs is 1. The van der Waals surface area contributed by atoms with Crippen LogP contribution < -0.4 is 5.32 Å². The maximum absolute atomic E-state index is 12.8. The van der Waals surface area contributed by atoms with Crippen LogP contribution in [-0.2, 0) is 24.2 Å². The average Bonchev–Trinajstić information content (AvgIpc) is 2.81. The SMILES string of the molecule is CC(CS(=O)(=O)c1ccc2c(c1)NC(=O)CCS2)C(=O)N1CCOCC1. The van der Waals surface area contributed by atoms with E-state index in [1.807, 2.05) is 0 Å². The zero-order valence-corrected chi connectivity index (χ0v) is 16.2. The molecule has 2 aliphatic heterocycles. The summed E-state index contributed by atoms with van der Waals surface area (Å²) in [5, 5.41) is 2.75. The number of benzene rings is 1. The van der Waals surface area contributed by atoms with E-state index in [9.17, 15) is 18.0 Å². The van der Waals surface area contributed by atoms with Crippen LogP contribution in [0.2, 0.25) is 0 Å². The lowest BCUT2D eigenvalue weighted by Crippen LogP contribution is -2.44. The second kappa shape index (κ2) is 7.98. The minimum atomic E-state index is -3.65. The number of rotatable bonds is 4. The van der Waals surface area contributed by atoms with Gasteiger partial charge in [-0.15, -0.1) is 11.8 Å². The largest absolute Gasteiger partial charge is 0.378 e. The monoisotopic (exact) mass is 398 g/mol. The first-order valence-electron chi connectivity index (χ1n) is 8.53. The van der Waals surface area contributed by atoms with Gasteiger partial charge in [0, 0.05) is 36.1 Å². The van der Waals surface area contributed by atoms with Gasteiger partial charge in [-0.3, -0.25) is 9.59 Å². The van der Waals surface area contributed by atoms with E-state index < -0.39 is 15.8 Å². The van der Waals surface area contributed by atoms with Gasteiger partial charge in [-0.25, -0.2) is 8.42 Å². The average molecular weight is 399 g/mol. The summed E-state index contributed by atoms with van der Waals surface area (Å²) in [6.45, 7) is 3.58. The zero-order chi connectivity index (χ0) is 18.7. The summed E-state index contributed by atoms with van der Waals surface area (Å²) in [6, 6.07) is 4.75. The van der Waals surface area contributed by atoms with Gasteiger partial charge < -0.3 is 15.0 Å². The molecule has 1 unspecified atom stereocenters. The smallest absolute Gasteiger partial charge is 0.226 e. The molecule has 2 amide bonds. The third-order valence-electron chi connectivity index (χ3n) is 4.38. The fourth-order valence-electron chi connectivity index (χ4n) is 2.98. The van der Waals surface area contributed by atoms with Gasteiger partial charge in [0.05, 0.1) is 29.5 Å². The van der Waals surface area contributed by atoms with Crippen molar-refractivity contribution in [3.05, 3.63) is 18.2 Å². The lowest BCUT2D eigenvalue weighted by molar-refractivity contribution is -0.138. The number of carbonyl (C=O) groups excluding carboxylic acids is 2. The number of hydrogen-bond acceptors (Lipinski definition) is 6. The van der Waals surface area contributed by atoms with Gasteiger partial charge in [0.2, 0.25) is 11.8 Å². The third kappa shape index (κ3) is 4.39. The van der Waals surface area contributed by atoms with Crippen molar-refractivity contribution in [1.29, 1.82) is 0 Å². The number of nitrogens with zero attached hydrogens (tertiary/aromatic N) is 1. The molecule has 1 aromatic carbocycles. The van der Waals surface area contributed by atoms with Crippen LogP contribution in [0.15, 0.2) is 28.0 Å². The Labute approximate surface area is 157 Å². The molecule has 1 atom stereocenters. The van der Waals surface area contributed by atoms with Crippen molar-refractivity contribution >= 4 is 39.1 Å². The highest BCUT2D eigenvalue weighted by Gasteiger charge is 2.28. The summed E-state index contributed by atoms with van der Waals surface area (Å²) in [6.07, 6.45) is 0.395. The summed E-state index contributed by atoms with van der Waals surface area (Å²) in [4.78, 5) is 26.8. The van der Waals surface area contributed by atoms with E-state index in [1.54, 1.807) is 24.0 Å². The molecule has 0 spiro atoms. The molecule has 2 aliphatic rings. The summed E-state index contributed by atoms with van der Waals surface area (Å²) in [5.74, 6) is -0.531. The van der Waals surface area contributed by atoms with Crippen molar-refractivity contribution < 1.29 is 22.7 Å². The van der Waals surface area contributed by atoms with E-state index in [0.717, 1.165) is 4.90 Å². The highest BCUT2D eigenvalue weighted by Crippen LogP contribution is 2.33. The molecule has 1 N–H and O–H groups in total. The van der Waals surface area contributed by atoms with Gasteiger partial charge in [0.15, 0.2) is 9.84 Å². The number of nitrogens with one attached hydrogen (secondary N) is 1. The molecule has 0 bridgehead atoms. The number of hydrogen-bond donors (Lipinski definition) is 1. The Morgan fingerprint density at radius 3 is 2.81 bits per heavy atom. The lowest BCUT2D eigenvalue weighted by Gasteiger charge is -2.29. The molecule has 7 nitrogen and oxygen atoms in total. The molecular formula is C17H22N2O5S2. The number of sulfone groups is 1. The molecule has 0 aromatic heterocycles. The molecule has 1 fully saturated rings. The molecule has 0 radical (unpaired) electrons. The van der Waals surface area contributed by atoms with Gasteiger partial charge in [0.1, 0.15) is 0 Å². The summed E-state index contributed by atoms with van der Waals surface area (Å²) >= 11 is 1.52. The Hall–Kier alpha value is -1.58. The molecular weight excluding hydrogens is 376 g/mol. The summed E-state index contributed by atoms with van der Waals surface area (Å²) in [5.41, 5.74) is 0.519. The van der Waals surface area contributed by atoms with Crippen LogP contribution in [0, 0.1) is 5.92 Å². The molecule has 142 valence electrons. The Morgan fingerprint density at radius 1 is 1.35 bits per heavy atom. The number of anilines is 1. The Balaban J connectivity index is 1.75. The predicted molar refractivity (Wildman–Crippen MR) is 99.0 cm³/mol. The van der Waals surface area contributed by atoms with Gasteiger partial charge in [0.25, 0.3) is 0 Å². The standard InChI is InChI=1S/C17H22N2O5S2/c1-12(17(21)19-5-7-24-8-6-19)11-26(22,23)13-2-3-15-14(10-13)18-16(20)4-9-25-15/h2-3,10,12H,4-9,11H2,1H3,(H,18,20). The number of thioether (sulfide) groups is 1. The first kappa shape index (κ1) is 19.2. The fraction of sp³-hybridized carbons (Fsp3) is 0.529. The molecule has 3 rings (SSSR count). The quantitative estimate of drug-likeness (QED) is 0.824. The maximum Gasteiger partial charge on any atom is 0.226 e. The highest BCUT2D eigenvalue weighted by molar-refractivity contribution is 7.99. The van der Waals surface area contributed by atoms with E-state index in [4.69, 9.17) is 4.74 Å². The van der Waals surface area contributed by atoms with Gasteiger partial charge >= 0.3 is 0 Å². The van der Waals surface area contributed by atoms with Crippen LogP contribution in [0.5, 0.6) is 0 Å². The van der Waals surface area contributed by atoms with Gasteiger partial charge in [-0.05, 0) is 18.2 Å². The Bertz CT molecular complexity index is 803. The second-order valence-electron chi connectivity index (χ2n) is 6.42. The van der Waals surface area contributed by atoms with E-state index in [2.05, 4.69) is 5.32 Å². The van der Waals surface area contributed by atoms with Crippen LogP contribution >= 0.6 is 11.8 Å². The third-order valence-corrected chi connectivity index (χ3v) is 7.37.